The maximum absolute atomic E-state index is 12.9. The van der Waals surface area contributed by atoms with Crippen LogP contribution >= 0.6 is 0 Å². The van der Waals surface area contributed by atoms with Crippen molar-refractivity contribution in [2.24, 2.45) is 5.92 Å². The molecule has 160 valence electrons. The third kappa shape index (κ3) is 4.96. The van der Waals surface area contributed by atoms with Crippen LogP contribution in [0.2, 0.25) is 0 Å². The average Bonchev–Trinajstić information content (AvgIpc) is 3.36. The summed E-state index contributed by atoms with van der Waals surface area (Å²) in [6.07, 6.45) is -2.47. The minimum Gasteiger partial charge on any atom is -0.459 e. The number of carbonyl (C=O) groups is 2. The van der Waals surface area contributed by atoms with Crippen LogP contribution in [0.15, 0.2) is 71.3 Å². The summed E-state index contributed by atoms with van der Waals surface area (Å²) < 4.78 is 43.7. The second-order valence-corrected chi connectivity index (χ2v) is 7.42. The number of benzene rings is 2. The van der Waals surface area contributed by atoms with Crippen molar-refractivity contribution in [3.63, 3.8) is 0 Å². The molecule has 0 saturated heterocycles. The zero-order valence-electron chi connectivity index (χ0n) is 16.3. The van der Waals surface area contributed by atoms with E-state index in [0.717, 1.165) is 17.7 Å². The van der Waals surface area contributed by atoms with Gasteiger partial charge in [-0.25, -0.2) is 0 Å². The smallest absolute Gasteiger partial charge is 0.416 e. The van der Waals surface area contributed by atoms with Gasteiger partial charge in [0.15, 0.2) is 5.76 Å². The number of carbonyl (C=O) groups excluding carboxylic acids is 2. The quantitative estimate of drug-likeness (QED) is 0.582. The van der Waals surface area contributed by atoms with Gasteiger partial charge in [0.1, 0.15) is 0 Å². The molecule has 8 heteroatoms. The Kier molecular flexibility index (Phi) is 5.54. The molecule has 2 N–H and O–H groups in total. The molecule has 2 atom stereocenters. The molecule has 1 aromatic heterocycles. The molecule has 3 aromatic rings. The molecule has 2 unspecified atom stereocenters. The normalized spacial score (nSPS) is 17.8. The number of nitrogens with one attached hydrogen (secondary N) is 2. The first kappa shape index (κ1) is 20.7. The first-order valence-corrected chi connectivity index (χ1v) is 9.70. The van der Waals surface area contributed by atoms with Gasteiger partial charge in [-0.2, -0.15) is 13.2 Å². The first-order chi connectivity index (χ1) is 14.8. The Bertz CT molecular complexity index is 1090. The Hall–Kier alpha value is -3.55. The van der Waals surface area contributed by atoms with E-state index in [-0.39, 0.29) is 36.0 Å². The number of rotatable bonds is 6. The van der Waals surface area contributed by atoms with Crippen LogP contribution < -0.4 is 10.6 Å². The topological polar surface area (TPSA) is 71.3 Å². The Morgan fingerprint density at radius 2 is 1.84 bits per heavy atom. The van der Waals surface area contributed by atoms with Gasteiger partial charge >= 0.3 is 6.18 Å². The van der Waals surface area contributed by atoms with E-state index in [1.165, 1.54) is 12.3 Å². The van der Waals surface area contributed by atoms with Gasteiger partial charge in [-0.05, 0) is 53.8 Å². The van der Waals surface area contributed by atoms with E-state index in [2.05, 4.69) is 10.6 Å². The summed E-state index contributed by atoms with van der Waals surface area (Å²) in [4.78, 5) is 24.5. The zero-order valence-corrected chi connectivity index (χ0v) is 16.3. The van der Waals surface area contributed by atoms with E-state index >= 15 is 0 Å². The molecule has 1 heterocycles. The lowest BCUT2D eigenvalue weighted by Gasteiger charge is -2.09. The van der Waals surface area contributed by atoms with Crippen LogP contribution in [0.1, 0.15) is 39.6 Å². The molecule has 0 spiro atoms. The van der Waals surface area contributed by atoms with Crippen LogP contribution in [0.3, 0.4) is 0 Å². The van der Waals surface area contributed by atoms with Crippen molar-refractivity contribution in [1.82, 2.24) is 5.32 Å². The van der Waals surface area contributed by atoms with Gasteiger partial charge in [-0.3, -0.25) is 9.59 Å². The van der Waals surface area contributed by atoms with Gasteiger partial charge in [-0.15, -0.1) is 0 Å². The lowest BCUT2D eigenvalue weighted by molar-refractivity contribution is -0.137. The predicted octanol–water partition coefficient (Wildman–Crippen LogP) is 4.97. The molecular formula is C23H19F3N2O3. The van der Waals surface area contributed by atoms with Crippen molar-refractivity contribution in [3.8, 4) is 0 Å². The van der Waals surface area contributed by atoms with Crippen molar-refractivity contribution in [1.29, 1.82) is 0 Å². The standard InChI is InChI=1S/C23H19F3N2O3/c24-23(25,26)16-6-2-5-15(11-16)18-12-19(18)21(29)27-13-14-4-1-7-17(10-14)28-22(30)20-8-3-9-31-20/h1-11,18-19H,12-13H2,(H,27,29)(H,28,30). The van der Waals surface area contributed by atoms with Crippen molar-refractivity contribution >= 4 is 17.5 Å². The highest BCUT2D eigenvalue weighted by Crippen LogP contribution is 2.48. The summed E-state index contributed by atoms with van der Waals surface area (Å²) in [6.45, 7) is 0.245. The average molecular weight is 428 g/mol. The molecule has 4 rings (SSSR count). The van der Waals surface area contributed by atoms with Crippen LogP contribution in [0.5, 0.6) is 0 Å². The van der Waals surface area contributed by atoms with Gasteiger partial charge in [0.05, 0.1) is 11.8 Å². The van der Waals surface area contributed by atoms with E-state index in [1.54, 1.807) is 42.5 Å². The Balaban J connectivity index is 1.32. The number of hydrogen-bond donors (Lipinski definition) is 2. The van der Waals surface area contributed by atoms with E-state index in [9.17, 15) is 22.8 Å². The number of furan rings is 1. The largest absolute Gasteiger partial charge is 0.459 e. The van der Waals surface area contributed by atoms with Crippen LogP contribution in [-0.2, 0) is 17.5 Å². The Labute approximate surface area is 176 Å². The van der Waals surface area contributed by atoms with Gasteiger partial charge in [0.25, 0.3) is 5.91 Å². The molecule has 1 aliphatic carbocycles. The molecule has 2 aromatic carbocycles. The van der Waals surface area contributed by atoms with Crippen LogP contribution in [0.25, 0.3) is 0 Å². The minimum atomic E-state index is -4.40. The second kappa shape index (κ2) is 8.29. The maximum atomic E-state index is 12.9. The highest BCUT2D eigenvalue weighted by Gasteiger charge is 2.44. The van der Waals surface area contributed by atoms with Crippen molar-refractivity contribution < 1.29 is 27.2 Å². The first-order valence-electron chi connectivity index (χ1n) is 9.70. The fourth-order valence-corrected chi connectivity index (χ4v) is 3.48. The van der Waals surface area contributed by atoms with Gasteiger partial charge in [0, 0.05) is 18.2 Å². The second-order valence-electron chi connectivity index (χ2n) is 7.42. The monoisotopic (exact) mass is 428 g/mol. The predicted molar refractivity (Wildman–Crippen MR) is 107 cm³/mol. The maximum Gasteiger partial charge on any atom is 0.416 e. The Morgan fingerprint density at radius 3 is 2.58 bits per heavy atom. The molecule has 1 fully saturated rings. The molecule has 0 bridgehead atoms. The van der Waals surface area contributed by atoms with Crippen LogP contribution in [0.4, 0.5) is 18.9 Å². The summed E-state index contributed by atoms with van der Waals surface area (Å²) in [5.74, 6) is -0.944. The van der Waals surface area contributed by atoms with Crippen LogP contribution in [0, 0.1) is 5.92 Å². The Morgan fingerprint density at radius 1 is 1.03 bits per heavy atom. The van der Waals surface area contributed by atoms with Crippen molar-refractivity contribution in [2.45, 2.75) is 25.1 Å². The highest BCUT2D eigenvalue weighted by atomic mass is 19.4. The summed E-state index contributed by atoms with van der Waals surface area (Å²) in [6, 6.07) is 15.3. The van der Waals surface area contributed by atoms with Gasteiger partial charge in [-0.1, -0.05) is 30.3 Å². The summed E-state index contributed by atoms with van der Waals surface area (Å²) in [5, 5.41) is 5.54. The van der Waals surface area contributed by atoms with Crippen molar-refractivity contribution in [3.05, 3.63) is 89.4 Å². The van der Waals surface area contributed by atoms with Crippen molar-refractivity contribution in [2.75, 3.05) is 5.32 Å². The molecule has 1 saturated carbocycles. The van der Waals surface area contributed by atoms with E-state index in [0.29, 0.717) is 17.7 Å². The van der Waals surface area contributed by atoms with Gasteiger partial charge < -0.3 is 15.1 Å². The fraction of sp³-hybridized carbons (Fsp3) is 0.217. The molecule has 31 heavy (non-hydrogen) atoms. The minimum absolute atomic E-state index is 0.188. The third-order valence-electron chi connectivity index (χ3n) is 5.17. The van der Waals surface area contributed by atoms with E-state index in [1.807, 2.05) is 0 Å². The van der Waals surface area contributed by atoms with Crippen LogP contribution in [-0.4, -0.2) is 11.8 Å². The lowest BCUT2D eigenvalue weighted by atomic mass is 10.1. The molecular weight excluding hydrogens is 409 g/mol. The molecule has 0 aliphatic heterocycles. The number of anilines is 1. The van der Waals surface area contributed by atoms with E-state index < -0.39 is 11.7 Å². The number of halogens is 3. The summed E-state index contributed by atoms with van der Waals surface area (Å²) in [7, 11) is 0. The SMILES string of the molecule is O=C(Nc1cccc(CNC(=O)C2CC2c2cccc(C(F)(F)F)c2)c1)c1ccco1. The summed E-state index contributed by atoms with van der Waals surface area (Å²) >= 11 is 0. The highest BCUT2D eigenvalue weighted by molar-refractivity contribution is 6.02. The molecule has 5 nitrogen and oxygen atoms in total. The molecule has 2 amide bonds. The van der Waals surface area contributed by atoms with Gasteiger partial charge in [0.2, 0.25) is 5.91 Å². The molecule has 0 radical (unpaired) electrons. The van der Waals surface area contributed by atoms with E-state index in [4.69, 9.17) is 4.42 Å². The number of amides is 2. The number of hydrogen-bond acceptors (Lipinski definition) is 3. The molecule has 1 aliphatic rings. The summed E-state index contributed by atoms with van der Waals surface area (Å²) in [5.41, 5.74) is 1.16. The number of alkyl halides is 3. The fourth-order valence-electron chi connectivity index (χ4n) is 3.48. The lowest BCUT2D eigenvalue weighted by Crippen LogP contribution is -2.25. The zero-order chi connectivity index (χ0) is 22.0. The third-order valence-corrected chi connectivity index (χ3v) is 5.17.